The molecular weight excluding hydrogens is 238 g/mol. The molecule has 0 saturated carbocycles. The van der Waals surface area contributed by atoms with Gasteiger partial charge in [0, 0.05) is 13.0 Å². The Hall–Kier alpha value is -1.84. The van der Waals surface area contributed by atoms with Crippen molar-refractivity contribution in [2.24, 2.45) is 0 Å². The Bertz CT molecular complexity index is 574. The number of imidazole rings is 1. The number of hydrogen-bond donors (Lipinski definition) is 1. The van der Waals surface area contributed by atoms with Crippen LogP contribution in [0, 0.1) is 0 Å². The van der Waals surface area contributed by atoms with Crippen LogP contribution in [0.3, 0.4) is 0 Å². The maximum Gasteiger partial charge on any atom is 0.242 e. The van der Waals surface area contributed by atoms with Gasteiger partial charge in [-0.2, -0.15) is 0 Å². The van der Waals surface area contributed by atoms with Crippen LogP contribution in [-0.2, 0) is 11.2 Å². The smallest absolute Gasteiger partial charge is 0.242 e. The van der Waals surface area contributed by atoms with E-state index < -0.39 is 0 Å². The molecule has 1 aromatic heterocycles. The van der Waals surface area contributed by atoms with Crippen LogP contribution >= 0.6 is 0 Å². The maximum atomic E-state index is 12.1. The zero-order valence-electron chi connectivity index (χ0n) is 11.8. The molecule has 1 unspecified atom stereocenters. The number of hydrogen-bond acceptors (Lipinski definition) is 2. The normalized spacial score (nSPS) is 12.6. The molecule has 102 valence electrons. The zero-order chi connectivity index (χ0) is 13.8. The molecule has 0 spiro atoms. The number of carbonyl (C=O) groups is 1. The van der Waals surface area contributed by atoms with Crippen molar-refractivity contribution in [3.8, 4) is 0 Å². The van der Waals surface area contributed by atoms with Gasteiger partial charge in [-0.25, -0.2) is 4.98 Å². The predicted molar refractivity (Wildman–Crippen MR) is 77.1 cm³/mol. The molecule has 1 atom stereocenters. The minimum atomic E-state index is -0.228. The molecule has 1 N–H and O–H groups in total. The molecule has 0 aliphatic carbocycles. The molecule has 0 saturated heterocycles. The predicted octanol–water partition coefficient (Wildman–Crippen LogP) is 2.69. The summed E-state index contributed by atoms with van der Waals surface area (Å²) >= 11 is 0. The van der Waals surface area contributed by atoms with E-state index in [-0.39, 0.29) is 11.9 Å². The lowest BCUT2D eigenvalue weighted by molar-refractivity contribution is -0.123. The SMILES string of the molecule is CCCc1nc2ccccc2n1C(C)C(=O)NCC. The van der Waals surface area contributed by atoms with Crippen LogP contribution in [-0.4, -0.2) is 22.0 Å². The number of aryl methyl sites for hydroxylation is 1. The first-order chi connectivity index (χ1) is 9.19. The third kappa shape index (κ3) is 2.62. The number of carbonyl (C=O) groups excluding carboxylic acids is 1. The topological polar surface area (TPSA) is 46.9 Å². The molecule has 0 aliphatic heterocycles. The van der Waals surface area contributed by atoms with Crippen molar-refractivity contribution < 1.29 is 4.79 Å². The quantitative estimate of drug-likeness (QED) is 0.897. The van der Waals surface area contributed by atoms with Crippen molar-refractivity contribution in [3.63, 3.8) is 0 Å². The van der Waals surface area contributed by atoms with Crippen molar-refractivity contribution in [2.75, 3.05) is 6.54 Å². The van der Waals surface area contributed by atoms with Gasteiger partial charge in [-0.05, 0) is 32.4 Å². The number of nitrogens with one attached hydrogen (secondary N) is 1. The highest BCUT2D eigenvalue weighted by atomic mass is 16.2. The van der Waals surface area contributed by atoms with E-state index in [1.54, 1.807) is 0 Å². The van der Waals surface area contributed by atoms with Crippen LogP contribution in [0.4, 0.5) is 0 Å². The summed E-state index contributed by atoms with van der Waals surface area (Å²) < 4.78 is 2.06. The van der Waals surface area contributed by atoms with E-state index in [0.29, 0.717) is 6.54 Å². The molecular formula is C15H21N3O. The highest BCUT2D eigenvalue weighted by Gasteiger charge is 2.20. The first kappa shape index (κ1) is 13.6. The summed E-state index contributed by atoms with van der Waals surface area (Å²) in [6.07, 6.45) is 1.91. The molecule has 0 fully saturated rings. The minimum absolute atomic E-state index is 0.0445. The monoisotopic (exact) mass is 259 g/mol. The standard InChI is InChI=1S/C15H21N3O/c1-4-8-14-17-12-9-6-7-10-13(12)18(14)11(3)15(19)16-5-2/h6-7,9-11H,4-5,8H2,1-3H3,(H,16,19). The van der Waals surface area contributed by atoms with Crippen LogP contribution in [0.25, 0.3) is 11.0 Å². The molecule has 1 heterocycles. The van der Waals surface area contributed by atoms with Gasteiger partial charge in [0.1, 0.15) is 11.9 Å². The van der Waals surface area contributed by atoms with E-state index in [1.165, 1.54) is 0 Å². The van der Waals surface area contributed by atoms with E-state index in [0.717, 1.165) is 29.7 Å². The van der Waals surface area contributed by atoms with Gasteiger partial charge in [0.15, 0.2) is 0 Å². The Labute approximate surface area is 113 Å². The van der Waals surface area contributed by atoms with Gasteiger partial charge in [0.05, 0.1) is 11.0 Å². The lowest BCUT2D eigenvalue weighted by atomic mass is 10.2. The zero-order valence-corrected chi connectivity index (χ0v) is 11.8. The first-order valence-corrected chi connectivity index (χ1v) is 6.92. The highest BCUT2D eigenvalue weighted by molar-refractivity contribution is 5.84. The Balaban J connectivity index is 2.49. The van der Waals surface area contributed by atoms with Gasteiger partial charge in [0.25, 0.3) is 0 Å². The molecule has 0 radical (unpaired) electrons. The van der Waals surface area contributed by atoms with Crippen molar-refractivity contribution >= 4 is 16.9 Å². The van der Waals surface area contributed by atoms with Gasteiger partial charge >= 0.3 is 0 Å². The van der Waals surface area contributed by atoms with Crippen LogP contribution in [0.5, 0.6) is 0 Å². The van der Waals surface area contributed by atoms with Crippen molar-refractivity contribution in [2.45, 2.75) is 39.7 Å². The van der Waals surface area contributed by atoms with E-state index in [1.807, 2.05) is 38.1 Å². The largest absolute Gasteiger partial charge is 0.355 e. The van der Waals surface area contributed by atoms with Gasteiger partial charge < -0.3 is 9.88 Å². The molecule has 1 amide bonds. The summed E-state index contributed by atoms with van der Waals surface area (Å²) in [6.45, 7) is 6.64. The molecule has 4 heteroatoms. The van der Waals surface area contributed by atoms with Gasteiger partial charge in [-0.15, -0.1) is 0 Å². The number of benzene rings is 1. The lowest BCUT2D eigenvalue weighted by Gasteiger charge is -2.16. The van der Waals surface area contributed by atoms with Crippen molar-refractivity contribution in [3.05, 3.63) is 30.1 Å². The Morgan fingerprint density at radius 3 is 2.79 bits per heavy atom. The van der Waals surface area contributed by atoms with E-state index in [2.05, 4.69) is 21.8 Å². The molecule has 1 aromatic carbocycles. The number of rotatable bonds is 5. The Morgan fingerprint density at radius 2 is 2.11 bits per heavy atom. The summed E-state index contributed by atoms with van der Waals surface area (Å²) in [5.74, 6) is 1.03. The summed E-state index contributed by atoms with van der Waals surface area (Å²) in [5, 5.41) is 2.88. The molecule has 2 rings (SSSR count). The average Bonchev–Trinajstić information content (AvgIpc) is 2.76. The number of amides is 1. The summed E-state index contributed by atoms with van der Waals surface area (Å²) in [5.41, 5.74) is 1.99. The van der Waals surface area contributed by atoms with Crippen molar-refractivity contribution in [1.82, 2.24) is 14.9 Å². The number of aromatic nitrogens is 2. The van der Waals surface area contributed by atoms with Crippen LogP contribution in [0.1, 0.15) is 39.1 Å². The first-order valence-electron chi connectivity index (χ1n) is 6.92. The third-order valence-electron chi connectivity index (χ3n) is 3.26. The second kappa shape index (κ2) is 5.87. The molecule has 19 heavy (non-hydrogen) atoms. The van der Waals surface area contributed by atoms with Gasteiger partial charge in [-0.1, -0.05) is 19.1 Å². The fourth-order valence-corrected chi connectivity index (χ4v) is 2.37. The fourth-order valence-electron chi connectivity index (χ4n) is 2.37. The Kier molecular flexibility index (Phi) is 4.20. The molecule has 2 aromatic rings. The fraction of sp³-hybridized carbons (Fsp3) is 0.467. The van der Waals surface area contributed by atoms with E-state index in [4.69, 9.17) is 0 Å². The molecule has 4 nitrogen and oxygen atoms in total. The average molecular weight is 259 g/mol. The summed E-state index contributed by atoms with van der Waals surface area (Å²) in [7, 11) is 0. The number of nitrogens with zero attached hydrogens (tertiary/aromatic N) is 2. The van der Waals surface area contributed by atoms with Gasteiger partial charge in [-0.3, -0.25) is 4.79 Å². The van der Waals surface area contributed by atoms with Crippen LogP contribution in [0.2, 0.25) is 0 Å². The van der Waals surface area contributed by atoms with E-state index >= 15 is 0 Å². The lowest BCUT2D eigenvalue weighted by Crippen LogP contribution is -2.31. The second-order valence-corrected chi connectivity index (χ2v) is 4.71. The van der Waals surface area contributed by atoms with Crippen LogP contribution < -0.4 is 5.32 Å². The van der Waals surface area contributed by atoms with Crippen LogP contribution in [0.15, 0.2) is 24.3 Å². The Morgan fingerprint density at radius 1 is 1.37 bits per heavy atom. The minimum Gasteiger partial charge on any atom is -0.355 e. The van der Waals surface area contributed by atoms with Crippen molar-refractivity contribution in [1.29, 1.82) is 0 Å². The highest BCUT2D eigenvalue weighted by Crippen LogP contribution is 2.22. The third-order valence-corrected chi connectivity index (χ3v) is 3.26. The maximum absolute atomic E-state index is 12.1. The molecule has 0 bridgehead atoms. The second-order valence-electron chi connectivity index (χ2n) is 4.71. The molecule has 0 aliphatic rings. The number of likely N-dealkylation sites (N-methyl/N-ethyl adjacent to an activating group) is 1. The van der Waals surface area contributed by atoms with Gasteiger partial charge in [0.2, 0.25) is 5.91 Å². The number of fused-ring (bicyclic) bond motifs is 1. The number of para-hydroxylation sites is 2. The summed E-state index contributed by atoms with van der Waals surface area (Å²) in [4.78, 5) is 16.7. The van der Waals surface area contributed by atoms with E-state index in [9.17, 15) is 4.79 Å². The summed E-state index contributed by atoms with van der Waals surface area (Å²) in [6, 6.07) is 7.76.